The summed E-state index contributed by atoms with van der Waals surface area (Å²) in [7, 11) is -4.33. The van der Waals surface area contributed by atoms with Crippen LogP contribution in [0.5, 0.6) is 11.5 Å². The number of hydrogen-bond acceptors (Lipinski definition) is 8. The Morgan fingerprint density at radius 3 is 2.20 bits per heavy atom. The largest absolute Gasteiger partial charge is 0.466 e. The molecule has 0 bridgehead atoms. The fourth-order valence-corrected chi connectivity index (χ4v) is 5.63. The number of sulfonamides is 1. The second kappa shape index (κ2) is 11.6. The van der Waals surface area contributed by atoms with Gasteiger partial charge in [0, 0.05) is 19.8 Å². The smallest absolute Gasteiger partial charge is 0.307 e. The molecule has 1 aliphatic rings. The van der Waals surface area contributed by atoms with E-state index >= 15 is 0 Å². The number of carbonyl (C=O) groups is 2. The van der Waals surface area contributed by atoms with Crippen molar-refractivity contribution < 1.29 is 41.8 Å². The SMILES string of the molecule is CCOC(=O)CCN(C1(C(=O)NO)CCOCC1)S(=O)(=O)c1ccc(Oc2ccc(F)cc2)cc1. The first-order valence-electron chi connectivity index (χ1n) is 11.0. The van der Waals surface area contributed by atoms with Crippen molar-refractivity contribution in [3.8, 4) is 11.5 Å². The highest BCUT2D eigenvalue weighted by molar-refractivity contribution is 7.89. The quantitative estimate of drug-likeness (QED) is 0.283. The lowest BCUT2D eigenvalue weighted by atomic mass is 9.89. The van der Waals surface area contributed by atoms with Crippen molar-refractivity contribution in [3.63, 3.8) is 0 Å². The summed E-state index contributed by atoms with van der Waals surface area (Å²) in [4.78, 5) is 24.6. The van der Waals surface area contributed by atoms with Gasteiger partial charge in [-0.25, -0.2) is 18.3 Å². The number of esters is 1. The van der Waals surface area contributed by atoms with Crippen LogP contribution in [0.4, 0.5) is 4.39 Å². The van der Waals surface area contributed by atoms with Gasteiger partial charge in [-0.2, -0.15) is 4.31 Å². The maximum absolute atomic E-state index is 13.7. The molecule has 12 heteroatoms. The molecule has 1 heterocycles. The number of rotatable bonds is 10. The molecule has 0 unspecified atom stereocenters. The number of amides is 1. The van der Waals surface area contributed by atoms with Gasteiger partial charge in [0.25, 0.3) is 5.91 Å². The summed E-state index contributed by atoms with van der Waals surface area (Å²) in [6.45, 7) is 1.58. The van der Waals surface area contributed by atoms with Gasteiger partial charge in [-0.05, 0) is 68.3 Å². The summed E-state index contributed by atoms with van der Waals surface area (Å²) < 4.78 is 57.3. The summed E-state index contributed by atoms with van der Waals surface area (Å²) >= 11 is 0. The number of ether oxygens (including phenoxy) is 3. The Kier molecular flexibility index (Phi) is 8.78. The molecule has 0 saturated carbocycles. The van der Waals surface area contributed by atoms with Gasteiger partial charge < -0.3 is 14.2 Å². The summed E-state index contributed by atoms with van der Waals surface area (Å²) in [6, 6.07) is 10.8. The first-order valence-corrected chi connectivity index (χ1v) is 12.4. The van der Waals surface area contributed by atoms with E-state index in [2.05, 4.69) is 0 Å². The third-order valence-corrected chi connectivity index (χ3v) is 7.59. The van der Waals surface area contributed by atoms with E-state index in [1.807, 2.05) is 0 Å². The second-order valence-corrected chi connectivity index (χ2v) is 9.61. The first-order chi connectivity index (χ1) is 16.7. The van der Waals surface area contributed by atoms with Crippen LogP contribution in [0.1, 0.15) is 26.2 Å². The molecular weight excluding hydrogens is 483 g/mol. The van der Waals surface area contributed by atoms with Gasteiger partial charge >= 0.3 is 5.97 Å². The number of hydrogen-bond donors (Lipinski definition) is 2. The Bertz CT molecular complexity index is 1120. The molecule has 190 valence electrons. The fourth-order valence-electron chi connectivity index (χ4n) is 3.84. The van der Waals surface area contributed by atoms with Crippen LogP contribution in [0, 0.1) is 5.82 Å². The molecule has 1 aliphatic heterocycles. The molecule has 3 rings (SSSR count). The van der Waals surface area contributed by atoms with Gasteiger partial charge in [0.1, 0.15) is 22.9 Å². The maximum atomic E-state index is 13.7. The van der Waals surface area contributed by atoms with Crippen molar-refractivity contribution in [2.75, 3.05) is 26.4 Å². The Morgan fingerprint density at radius 2 is 1.66 bits per heavy atom. The summed E-state index contributed by atoms with van der Waals surface area (Å²) in [6.07, 6.45) is -0.333. The lowest BCUT2D eigenvalue weighted by Gasteiger charge is -2.43. The van der Waals surface area contributed by atoms with Crippen molar-refractivity contribution >= 4 is 21.9 Å². The zero-order valence-electron chi connectivity index (χ0n) is 19.1. The predicted molar refractivity (Wildman–Crippen MR) is 121 cm³/mol. The van der Waals surface area contributed by atoms with E-state index in [1.54, 1.807) is 12.4 Å². The van der Waals surface area contributed by atoms with Crippen LogP contribution in [0.2, 0.25) is 0 Å². The third kappa shape index (κ3) is 6.14. The first kappa shape index (κ1) is 26.5. The number of benzene rings is 2. The number of hydroxylamine groups is 1. The van der Waals surface area contributed by atoms with Gasteiger partial charge in [0.05, 0.1) is 17.9 Å². The maximum Gasteiger partial charge on any atom is 0.307 e. The van der Waals surface area contributed by atoms with E-state index < -0.39 is 33.3 Å². The monoisotopic (exact) mass is 510 g/mol. The average Bonchev–Trinajstić information content (AvgIpc) is 2.86. The van der Waals surface area contributed by atoms with E-state index in [4.69, 9.17) is 14.2 Å². The van der Waals surface area contributed by atoms with Gasteiger partial charge in [-0.15, -0.1) is 0 Å². The molecule has 1 saturated heterocycles. The Hall–Kier alpha value is -3.06. The molecule has 2 aromatic rings. The summed E-state index contributed by atoms with van der Waals surface area (Å²) in [5.41, 5.74) is -0.0958. The minimum atomic E-state index is -4.33. The predicted octanol–water partition coefficient (Wildman–Crippen LogP) is 2.62. The van der Waals surface area contributed by atoms with Crippen LogP contribution in [0.15, 0.2) is 53.4 Å². The number of nitrogens with one attached hydrogen (secondary N) is 1. The van der Waals surface area contributed by atoms with E-state index in [0.717, 1.165) is 4.31 Å². The highest BCUT2D eigenvalue weighted by Crippen LogP contribution is 2.34. The van der Waals surface area contributed by atoms with Gasteiger partial charge in [-0.1, -0.05) is 0 Å². The van der Waals surface area contributed by atoms with Gasteiger partial charge in [-0.3, -0.25) is 14.8 Å². The van der Waals surface area contributed by atoms with E-state index in [9.17, 15) is 27.6 Å². The van der Waals surface area contributed by atoms with E-state index in [0.29, 0.717) is 11.5 Å². The number of carbonyl (C=O) groups excluding carboxylic acids is 2. The minimum Gasteiger partial charge on any atom is -0.466 e. The highest BCUT2D eigenvalue weighted by atomic mass is 32.2. The summed E-state index contributed by atoms with van der Waals surface area (Å²) in [5, 5.41) is 9.40. The lowest BCUT2D eigenvalue weighted by Crippen LogP contribution is -2.62. The summed E-state index contributed by atoms with van der Waals surface area (Å²) in [5.74, 6) is -1.29. The van der Waals surface area contributed by atoms with E-state index in [-0.39, 0.29) is 50.5 Å². The zero-order chi connectivity index (χ0) is 25.5. The number of halogens is 1. The highest BCUT2D eigenvalue weighted by Gasteiger charge is 2.50. The molecule has 1 amide bonds. The molecular formula is C23H27FN2O8S. The molecule has 1 fully saturated rings. The Balaban J connectivity index is 1.93. The fraction of sp³-hybridized carbons (Fsp3) is 0.391. The van der Waals surface area contributed by atoms with E-state index in [1.165, 1.54) is 48.5 Å². The topological polar surface area (TPSA) is 131 Å². The minimum absolute atomic E-state index is 0.0206. The van der Waals surface area contributed by atoms with Crippen molar-refractivity contribution in [2.45, 2.75) is 36.6 Å². The molecule has 0 spiro atoms. The van der Waals surface area contributed by atoms with Crippen molar-refractivity contribution in [3.05, 3.63) is 54.3 Å². The molecule has 10 nitrogen and oxygen atoms in total. The van der Waals surface area contributed by atoms with Crippen molar-refractivity contribution in [2.24, 2.45) is 0 Å². The standard InChI is InChI=1S/C23H27FN2O8S/c1-2-33-21(27)11-14-26(23(22(28)25-29)12-15-32-16-13-23)35(30,31)20-9-7-19(8-10-20)34-18-5-3-17(24)4-6-18/h3-10,29H,2,11-16H2,1H3,(H,25,28). The van der Waals surface area contributed by atoms with Crippen molar-refractivity contribution in [1.82, 2.24) is 9.79 Å². The van der Waals surface area contributed by atoms with Crippen LogP contribution in [0.3, 0.4) is 0 Å². The van der Waals surface area contributed by atoms with Gasteiger partial charge in [0.2, 0.25) is 10.0 Å². The van der Waals surface area contributed by atoms with Crippen LogP contribution >= 0.6 is 0 Å². The molecule has 35 heavy (non-hydrogen) atoms. The van der Waals surface area contributed by atoms with Crippen LogP contribution < -0.4 is 10.2 Å². The lowest BCUT2D eigenvalue weighted by molar-refractivity contribution is -0.148. The Labute approximate surface area is 202 Å². The zero-order valence-corrected chi connectivity index (χ0v) is 19.9. The molecule has 0 aliphatic carbocycles. The van der Waals surface area contributed by atoms with Gasteiger partial charge in [0.15, 0.2) is 0 Å². The van der Waals surface area contributed by atoms with Crippen LogP contribution in [0.25, 0.3) is 0 Å². The van der Waals surface area contributed by atoms with Crippen molar-refractivity contribution in [1.29, 1.82) is 0 Å². The number of nitrogens with zero attached hydrogens (tertiary/aromatic N) is 1. The van der Waals surface area contributed by atoms with Crippen LogP contribution in [-0.2, 0) is 29.1 Å². The molecule has 0 aromatic heterocycles. The molecule has 0 atom stereocenters. The molecule has 2 N–H and O–H groups in total. The molecule has 0 radical (unpaired) electrons. The second-order valence-electron chi connectivity index (χ2n) is 7.74. The average molecular weight is 511 g/mol. The normalized spacial score (nSPS) is 15.4. The van der Waals surface area contributed by atoms with Crippen LogP contribution in [-0.4, -0.2) is 61.7 Å². The third-order valence-electron chi connectivity index (χ3n) is 5.61. The Morgan fingerprint density at radius 1 is 1.09 bits per heavy atom. The molecule has 2 aromatic carbocycles.